The second-order valence-corrected chi connectivity index (χ2v) is 4.99. The number of hydrogen-bond acceptors (Lipinski definition) is 4. The van der Waals surface area contributed by atoms with Crippen LogP contribution in [0.1, 0.15) is 15.9 Å². The first-order valence-corrected chi connectivity index (χ1v) is 6.79. The smallest absolute Gasteiger partial charge is 0.347 e. The summed E-state index contributed by atoms with van der Waals surface area (Å²) in [5.41, 5.74) is 0.736. The Bertz CT molecular complexity index is 868. The van der Waals surface area contributed by atoms with Gasteiger partial charge in [0.05, 0.1) is 0 Å². The first kappa shape index (κ1) is 13.9. The molecule has 4 heteroatoms. The standard InChI is InChI=1S/C18H14O4/c1-11-6-2-5-9-16(11)22-18(21)14-10-15(19)12-7-3-4-8-13(12)17(14)20/h2-10,19-20H,1H3. The number of phenolic OH excluding ortho intramolecular Hbond substituents is 2. The summed E-state index contributed by atoms with van der Waals surface area (Å²) in [5.74, 6) is -0.579. The van der Waals surface area contributed by atoms with E-state index in [4.69, 9.17) is 4.74 Å². The summed E-state index contributed by atoms with van der Waals surface area (Å²) in [4.78, 5) is 12.3. The first-order valence-electron chi connectivity index (χ1n) is 6.79. The molecule has 4 nitrogen and oxygen atoms in total. The predicted molar refractivity (Wildman–Crippen MR) is 83.4 cm³/mol. The molecule has 0 atom stereocenters. The number of aromatic hydroxyl groups is 2. The topological polar surface area (TPSA) is 66.8 Å². The molecule has 3 aromatic carbocycles. The van der Waals surface area contributed by atoms with Gasteiger partial charge in [0, 0.05) is 10.8 Å². The van der Waals surface area contributed by atoms with E-state index >= 15 is 0 Å². The average molecular weight is 294 g/mol. The molecule has 110 valence electrons. The lowest BCUT2D eigenvalue weighted by Crippen LogP contribution is -2.09. The molecule has 22 heavy (non-hydrogen) atoms. The molecule has 2 N–H and O–H groups in total. The van der Waals surface area contributed by atoms with Crippen molar-refractivity contribution in [2.45, 2.75) is 6.92 Å². The Hall–Kier alpha value is -3.01. The Morgan fingerprint density at radius 3 is 2.32 bits per heavy atom. The van der Waals surface area contributed by atoms with Gasteiger partial charge in [0.1, 0.15) is 22.8 Å². The van der Waals surface area contributed by atoms with Crippen LogP contribution in [0.5, 0.6) is 17.2 Å². The lowest BCUT2D eigenvalue weighted by Gasteiger charge is -2.11. The Morgan fingerprint density at radius 1 is 0.955 bits per heavy atom. The van der Waals surface area contributed by atoms with Gasteiger partial charge < -0.3 is 14.9 Å². The second-order valence-electron chi connectivity index (χ2n) is 4.99. The number of para-hydroxylation sites is 1. The number of carbonyl (C=O) groups excluding carboxylic acids is 1. The molecule has 0 aliphatic heterocycles. The van der Waals surface area contributed by atoms with Gasteiger partial charge in [-0.15, -0.1) is 0 Å². The zero-order chi connectivity index (χ0) is 15.7. The summed E-state index contributed by atoms with van der Waals surface area (Å²) in [6, 6.07) is 15.1. The van der Waals surface area contributed by atoms with E-state index in [2.05, 4.69) is 0 Å². The summed E-state index contributed by atoms with van der Waals surface area (Å²) in [6.07, 6.45) is 0. The number of phenols is 2. The van der Waals surface area contributed by atoms with E-state index in [1.807, 2.05) is 19.1 Å². The van der Waals surface area contributed by atoms with Crippen LogP contribution in [0.2, 0.25) is 0 Å². The van der Waals surface area contributed by atoms with Crippen molar-refractivity contribution in [3.8, 4) is 17.2 Å². The third-order valence-electron chi connectivity index (χ3n) is 3.51. The van der Waals surface area contributed by atoms with E-state index < -0.39 is 5.97 Å². The summed E-state index contributed by atoms with van der Waals surface area (Å²) >= 11 is 0. The van der Waals surface area contributed by atoms with Crippen LogP contribution in [0, 0.1) is 6.92 Å². The van der Waals surface area contributed by atoms with Crippen LogP contribution in [0.3, 0.4) is 0 Å². The van der Waals surface area contributed by atoms with Crippen molar-refractivity contribution in [1.82, 2.24) is 0 Å². The van der Waals surface area contributed by atoms with Crippen molar-refractivity contribution >= 4 is 16.7 Å². The maximum absolute atomic E-state index is 12.3. The van der Waals surface area contributed by atoms with Gasteiger partial charge in [-0.25, -0.2) is 4.79 Å². The van der Waals surface area contributed by atoms with E-state index in [-0.39, 0.29) is 17.1 Å². The average Bonchev–Trinajstić information content (AvgIpc) is 2.53. The van der Waals surface area contributed by atoms with Gasteiger partial charge in [-0.1, -0.05) is 42.5 Å². The van der Waals surface area contributed by atoms with Gasteiger partial charge in [-0.05, 0) is 24.6 Å². The third-order valence-corrected chi connectivity index (χ3v) is 3.51. The zero-order valence-electron chi connectivity index (χ0n) is 11.9. The number of carbonyl (C=O) groups is 1. The fourth-order valence-electron chi connectivity index (χ4n) is 2.32. The number of fused-ring (bicyclic) bond motifs is 1. The molecule has 0 amide bonds. The molecule has 0 aliphatic rings. The maximum atomic E-state index is 12.3. The molecule has 0 aromatic heterocycles. The van der Waals surface area contributed by atoms with Crippen LogP contribution >= 0.6 is 0 Å². The fourth-order valence-corrected chi connectivity index (χ4v) is 2.32. The van der Waals surface area contributed by atoms with E-state index in [0.717, 1.165) is 5.56 Å². The molecule has 3 rings (SSSR count). The lowest BCUT2D eigenvalue weighted by atomic mass is 10.0. The molecular weight excluding hydrogens is 280 g/mol. The lowest BCUT2D eigenvalue weighted by molar-refractivity contribution is 0.0730. The van der Waals surface area contributed by atoms with Crippen molar-refractivity contribution in [2.75, 3.05) is 0 Å². The monoisotopic (exact) mass is 294 g/mol. The quantitative estimate of drug-likeness (QED) is 0.429. The van der Waals surface area contributed by atoms with Gasteiger partial charge in [0.25, 0.3) is 0 Å². The van der Waals surface area contributed by atoms with Crippen LogP contribution < -0.4 is 4.74 Å². The van der Waals surface area contributed by atoms with Gasteiger partial charge in [0.15, 0.2) is 0 Å². The Morgan fingerprint density at radius 2 is 1.59 bits per heavy atom. The Balaban J connectivity index is 2.05. The van der Waals surface area contributed by atoms with Crippen molar-refractivity contribution in [1.29, 1.82) is 0 Å². The SMILES string of the molecule is Cc1ccccc1OC(=O)c1cc(O)c2ccccc2c1O. The zero-order valence-corrected chi connectivity index (χ0v) is 11.9. The Kier molecular flexibility index (Phi) is 3.43. The first-order chi connectivity index (χ1) is 10.6. The highest BCUT2D eigenvalue weighted by Gasteiger charge is 2.19. The molecule has 3 aromatic rings. The highest BCUT2D eigenvalue weighted by molar-refractivity contribution is 6.04. The van der Waals surface area contributed by atoms with Crippen molar-refractivity contribution in [3.63, 3.8) is 0 Å². The van der Waals surface area contributed by atoms with Crippen LogP contribution in [-0.4, -0.2) is 16.2 Å². The number of esters is 1. The predicted octanol–water partition coefficient (Wildman–Crippen LogP) is 3.78. The van der Waals surface area contributed by atoms with E-state index in [1.165, 1.54) is 6.07 Å². The molecule has 0 heterocycles. The number of ether oxygens (including phenoxy) is 1. The van der Waals surface area contributed by atoms with Gasteiger partial charge in [-0.2, -0.15) is 0 Å². The van der Waals surface area contributed by atoms with Gasteiger partial charge in [0.2, 0.25) is 0 Å². The van der Waals surface area contributed by atoms with Crippen LogP contribution in [0.25, 0.3) is 10.8 Å². The molecule has 0 saturated heterocycles. The molecular formula is C18H14O4. The largest absolute Gasteiger partial charge is 0.507 e. The number of rotatable bonds is 2. The van der Waals surface area contributed by atoms with Crippen LogP contribution in [-0.2, 0) is 0 Å². The van der Waals surface area contributed by atoms with Crippen LogP contribution in [0.4, 0.5) is 0 Å². The van der Waals surface area contributed by atoms with Crippen molar-refractivity contribution in [3.05, 3.63) is 65.7 Å². The van der Waals surface area contributed by atoms with Crippen molar-refractivity contribution in [2.24, 2.45) is 0 Å². The number of benzene rings is 3. The fraction of sp³-hybridized carbons (Fsp3) is 0.0556. The summed E-state index contributed by atoms with van der Waals surface area (Å²) in [6.45, 7) is 1.82. The summed E-state index contributed by atoms with van der Waals surface area (Å²) < 4.78 is 5.31. The number of hydrogen-bond donors (Lipinski definition) is 2. The molecule has 0 bridgehead atoms. The summed E-state index contributed by atoms with van der Waals surface area (Å²) in [5, 5.41) is 21.2. The minimum absolute atomic E-state index is 0.0700. The molecule has 0 spiro atoms. The normalized spacial score (nSPS) is 10.6. The molecule has 0 radical (unpaired) electrons. The van der Waals surface area contributed by atoms with E-state index in [1.54, 1.807) is 36.4 Å². The molecule has 0 fully saturated rings. The molecule has 0 unspecified atom stereocenters. The van der Waals surface area contributed by atoms with Crippen LogP contribution in [0.15, 0.2) is 54.6 Å². The minimum Gasteiger partial charge on any atom is -0.507 e. The van der Waals surface area contributed by atoms with Gasteiger partial charge >= 0.3 is 5.97 Å². The third kappa shape index (κ3) is 2.35. The molecule has 0 aliphatic carbocycles. The van der Waals surface area contributed by atoms with Gasteiger partial charge in [-0.3, -0.25) is 0 Å². The second kappa shape index (κ2) is 5.41. The highest BCUT2D eigenvalue weighted by Crippen LogP contribution is 2.35. The number of aryl methyl sites for hydroxylation is 1. The highest BCUT2D eigenvalue weighted by atomic mass is 16.5. The van der Waals surface area contributed by atoms with E-state index in [0.29, 0.717) is 16.5 Å². The van der Waals surface area contributed by atoms with Crippen molar-refractivity contribution < 1.29 is 19.7 Å². The minimum atomic E-state index is -0.715. The Labute approximate surface area is 127 Å². The van der Waals surface area contributed by atoms with E-state index in [9.17, 15) is 15.0 Å². The molecule has 0 saturated carbocycles. The maximum Gasteiger partial charge on any atom is 0.347 e. The summed E-state index contributed by atoms with van der Waals surface area (Å²) in [7, 11) is 0.